The van der Waals surface area contributed by atoms with E-state index in [1.807, 2.05) is 32.0 Å². The first-order valence-corrected chi connectivity index (χ1v) is 9.12. The summed E-state index contributed by atoms with van der Waals surface area (Å²) in [5.74, 6) is -0.938. The fourth-order valence-corrected chi connectivity index (χ4v) is 3.75. The lowest BCUT2D eigenvalue weighted by molar-refractivity contribution is -0.116. The van der Waals surface area contributed by atoms with E-state index in [4.69, 9.17) is 0 Å². The number of ketones is 1. The maximum atomic E-state index is 13.7. The summed E-state index contributed by atoms with van der Waals surface area (Å²) in [5, 5.41) is 7.30. The van der Waals surface area contributed by atoms with Crippen molar-refractivity contribution >= 4 is 17.5 Å². The Morgan fingerprint density at radius 2 is 1.96 bits per heavy atom. The van der Waals surface area contributed by atoms with Gasteiger partial charge < -0.3 is 5.32 Å². The molecule has 0 saturated carbocycles. The van der Waals surface area contributed by atoms with Gasteiger partial charge in [0.2, 0.25) is 5.91 Å². The lowest BCUT2D eigenvalue weighted by Crippen LogP contribution is -2.28. The number of nitrogens with zero attached hydrogens (tertiary/aromatic N) is 2. The number of Topliss-reactive ketones (excluding diaryl/α,β-unsaturated/α-hetero) is 1. The number of anilines is 1. The average molecular weight is 377 g/mol. The minimum Gasteiger partial charge on any atom is -0.310 e. The van der Waals surface area contributed by atoms with Gasteiger partial charge in [-0.2, -0.15) is 5.10 Å². The van der Waals surface area contributed by atoms with Gasteiger partial charge in [0.15, 0.2) is 5.78 Å². The van der Waals surface area contributed by atoms with Gasteiger partial charge in [0.05, 0.1) is 17.3 Å². The summed E-state index contributed by atoms with van der Waals surface area (Å²) in [5.41, 5.74) is 4.30. The van der Waals surface area contributed by atoms with Gasteiger partial charge in [-0.05, 0) is 50.6 Å². The summed E-state index contributed by atoms with van der Waals surface area (Å²) < 4.78 is 15.2. The highest BCUT2D eigenvalue weighted by Gasteiger charge is 2.36. The fraction of sp³-hybridized carbons (Fsp3) is 0.227. The van der Waals surface area contributed by atoms with Gasteiger partial charge in [-0.3, -0.25) is 9.59 Å². The Hall–Kier alpha value is -3.28. The first-order chi connectivity index (χ1) is 13.3. The van der Waals surface area contributed by atoms with Gasteiger partial charge in [-0.15, -0.1) is 0 Å². The Kier molecular flexibility index (Phi) is 4.34. The standard InChI is InChI=1S/C22H20FN3O2/c1-12-7-8-13(2)17(9-12)21(28)18-11-19(27)24-22-20(18)14(3)25-26(22)16-6-4-5-15(23)10-16/h4-10,18H,11H2,1-3H3,(H,24,27). The van der Waals surface area contributed by atoms with Gasteiger partial charge in [-0.1, -0.05) is 23.8 Å². The summed E-state index contributed by atoms with van der Waals surface area (Å²) in [6.07, 6.45) is 0.0644. The number of carbonyl (C=O) groups is 2. The Labute approximate surface area is 162 Å². The van der Waals surface area contributed by atoms with Crippen molar-refractivity contribution in [2.24, 2.45) is 0 Å². The summed E-state index contributed by atoms with van der Waals surface area (Å²) in [6, 6.07) is 11.7. The molecule has 142 valence electrons. The zero-order chi connectivity index (χ0) is 20.0. The van der Waals surface area contributed by atoms with Crippen molar-refractivity contribution in [2.75, 3.05) is 5.32 Å². The molecule has 1 aliphatic heterocycles. The lowest BCUT2D eigenvalue weighted by Gasteiger charge is -2.24. The van der Waals surface area contributed by atoms with Crippen molar-refractivity contribution in [3.05, 3.63) is 76.2 Å². The maximum Gasteiger partial charge on any atom is 0.226 e. The third kappa shape index (κ3) is 3.01. The molecular formula is C22H20FN3O2. The van der Waals surface area contributed by atoms with Gasteiger partial charge >= 0.3 is 0 Å². The predicted octanol–water partition coefficient (Wildman–Crippen LogP) is 4.25. The molecular weight excluding hydrogens is 357 g/mol. The molecule has 1 aliphatic rings. The second kappa shape index (κ2) is 6.71. The molecule has 0 fully saturated rings. The summed E-state index contributed by atoms with van der Waals surface area (Å²) in [6.45, 7) is 5.62. The van der Waals surface area contributed by atoms with Crippen LogP contribution < -0.4 is 5.32 Å². The van der Waals surface area contributed by atoms with Crippen molar-refractivity contribution in [3.8, 4) is 5.69 Å². The second-order valence-corrected chi connectivity index (χ2v) is 7.23. The largest absolute Gasteiger partial charge is 0.310 e. The summed E-state index contributed by atoms with van der Waals surface area (Å²) in [4.78, 5) is 25.8. The van der Waals surface area contributed by atoms with E-state index in [-0.39, 0.29) is 18.1 Å². The molecule has 5 nitrogen and oxygen atoms in total. The maximum absolute atomic E-state index is 13.7. The van der Waals surface area contributed by atoms with Crippen LogP contribution in [-0.2, 0) is 4.79 Å². The molecule has 1 amide bonds. The van der Waals surface area contributed by atoms with Crippen molar-refractivity contribution < 1.29 is 14.0 Å². The lowest BCUT2D eigenvalue weighted by atomic mass is 9.84. The van der Waals surface area contributed by atoms with Crippen molar-refractivity contribution in [2.45, 2.75) is 33.1 Å². The number of nitrogens with one attached hydrogen (secondary N) is 1. The minimum atomic E-state index is -0.619. The molecule has 4 rings (SSSR count). The number of benzene rings is 2. The Bertz CT molecular complexity index is 1120. The van der Waals surface area contributed by atoms with Crippen molar-refractivity contribution in [1.82, 2.24) is 9.78 Å². The smallest absolute Gasteiger partial charge is 0.226 e. The minimum absolute atomic E-state index is 0.0644. The second-order valence-electron chi connectivity index (χ2n) is 7.23. The predicted molar refractivity (Wildman–Crippen MR) is 104 cm³/mol. The monoisotopic (exact) mass is 377 g/mol. The number of amides is 1. The highest BCUT2D eigenvalue weighted by atomic mass is 19.1. The van der Waals surface area contributed by atoms with Crippen LogP contribution in [0.25, 0.3) is 5.69 Å². The third-order valence-electron chi connectivity index (χ3n) is 5.13. The molecule has 0 bridgehead atoms. The number of aromatic nitrogens is 2. The van der Waals surface area contributed by atoms with E-state index in [2.05, 4.69) is 10.4 Å². The van der Waals surface area contributed by atoms with Crippen molar-refractivity contribution in [1.29, 1.82) is 0 Å². The molecule has 0 aliphatic carbocycles. The van der Waals surface area contributed by atoms with Crippen LogP contribution in [0, 0.1) is 26.6 Å². The van der Waals surface area contributed by atoms with Gasteiger partial charge in [0, 0.05) is 17.5 Å². The molecule has 1 aromatic heterocycles. The van der Waals surface area contributed by atoms with E-state index in [0.717, 1.165) is 11.1 Å². The Morgan fingerprint density at radius 1 is 1.18 bits per heavy atom. The fourth-order valence-electron chi connectivity index (χ4n) is 3.75. The van der Waals surface area contributed by atoms with Crippen LogP contribution in [0.3, 0.4) is 0 Å². The van der Waals surface area contributed by atoms with E-state index >= 15 is 0 Å². The van der Waals surface area contributed by atoms with E-state index in [0.29, 0.717) is 28.3 Å². The van der Waals surface area contributed by atoms with Crippen molar-refractivity contribution in [3.63, 3.8) is 0 Å². The molecule has 3 aromatic rings. The van der Waals surface area contributed by atoms with Gasteiger partial charge in [0.25, 0.3) is 0 Å². The first-order valence-electron chi connectivity index (χ1n) is 9.12. The van der Waals surface area contributed by atoms with Crippen LogP contribution >= 0.6 is 0 Å². The zero-order valence-corrected chi connectivity index (χ0v) is 15.9. The van der Waals surface area contributed by atoms with Crippen LogP contribution in [0.5, 0.6) is 0 Å². The highest BCUT2D eigenvalue weighted by molar-refractivity contribution is 6.08. The molecule has 0 saturated heterocycles. The number of hydrogen-bond donors (Lipinski definition) is 1. The average Bonchev–Trinajstić information content (AvgIpc) is 2.99. The molecule has 1 unspecified atom stereocenters. The number of aryl methyl sites for hydroxylation is 3. The van der Waals surface area contributed by atoms with Crippen LogP contribution in [0.15, 0.2) is 42.5 Å². The van der Waals surface area contributed by atoms with Crippen LogP contribution in [0.1, 0.15) is 45.1 Å². The van der Waals surface area contributed by atoms with Gasteiger partial charge in [0.1, 0.15) is 11.6 Å². The van der Waals surface area contributed by atoms with E-state index in [1.165, 1.54) is 16.8 Å². The molecule has 0 radical (unpaired) electrons. The Morgan fingerprint density at radius 3 is 2.71 bits per heavy atom. The normalized spacial score (nSPS) is 15.9. The third-order valence-corrected chi connectivity index (χ3v) is 5.13. The highest BCUT2D eigenvalue weighted by Crippen LogP contribution is 2.38. The molecule has 1 atom stereocenters. The first kappa shape index (κ1) is 18.1. The van der Waals surface area contributed by atoms with Crippen LogP contribution in [-0.4, -0.2) is 21.5 Å². The number of hydrogen-bond acceptors (Lipinski definition) is 3. The molecule has 28 heavy (non-hydrogen) atoms. The number of halogens is 1. The van der Waals surface area contributed by atoms with Gasteiger partial charge in [-0.25, -0.2) is 9.07 Å². The molecule has 6 heteroatoms. The van der Waals surface area contributed by atoms with E-state index in [1.54, 1.807) is 19.1 Å². The van der Waals surface area contributed by atoms with Crippen LogP contribution in [0.2, 0.25) is 0 Å². The summed E-state index contributed by atoms with van der Waals surface area (Å²) in [7, 11) is 0. The van der Waals surface area contributed by atoms with E-state index in [9.17, 15) is 14.0 Å². The SMILES string of the molecule is Cc1ccc(C)c(C(=O)C2CC(=O)Nc3c2c(C)nn3-c2cccc(F)c2)c1. The quantitative estimate of drug-likeness (QED) is 0.694. The molecule has 2 heterocycles. The molecule has 0 spiro atoms. The molecule has 1 N–H and O–H groups in total. The number of rotatable bonds is 3. The molecule has 2 aromatic carbocycles. The topological polar surface area (TPSA) is 64.0 Å². The Balaban J connectivity index is 1.85. The van der Waals surface area contributed by atoms with E-state index < -0.39 is 11.7 Å². The van der Waals surface area contributed by atoms with Crippen LogP contribution in [0.4, 0.5) is 10.2 Å². The summed E-state index contributed by atoms with van der Waals surface area (Å²) >= 11 is 0. The number of fused-ring (bicyclic) bond motifs is 1. The zero-order valence-electron chi connectivity index (χ0n) is 15.9. The number of carbonyl (C=O) groups excluding carboxylic acids is 2.